The van der Waals surface area contributed by atoms with Gasteiger partial charge in [0.05, 0.1) is 33.8 Å². The summed E-state index contributed by atoms with van der Waals surface area (Å²) in [5.41, 5.74) is 1.44. The van der Waals surface area contributed by atoms with Crippen molar-refractivity contribution in [3.63, 3.8) is 0 Å². The van der Waals surface area contributed by atoms with Gasteiger partial charge in [-0.15, -0.1) is 0 Å². The van der Waals surface area contributed by atoms with E-state index in [1.54, 1.807) is 22.2 Å². The van der Waals surface area contributed by atoms with Gasteiger partial charge in [-0.3, -0.25) is 9.97 Å². The molecule has 6 heterocycles. The summed E-state index contributed by atoms with van der Waals surface area (Å²) in [5, 5.41) is 1.46. The lowest BCUT2D eigenvalue weighted by Gasteiger charge is -2.47. The van der Waals surface area contributed by atoms with E-state index in [9.17, 15) is 9.59 Å². The summed E-state index contributed by atoms with van der Waals surface area (Å²) in [4.78, 5) is 40.5. The molecule has 44 heavy (non-hydrogen) atoms. The van der Waals surface area contributed by atoms with Gasteiger partial charge in [0.25, 0.3) is 0 Å². The highest BCUT2D eigenvalue weighted by Gasteiger charge is 2.51. The van der Waals surface area contributed by atoms with E-state index in [1.165, 1.54) is 0 Å². The van der Waals surface area contributed by atoms with Crippen molar-refractivity contribution in [3.8, 4) is 0 Å². The number of aromatic nitrogens is 2. The van der Waals surface area contributed by atoms with Crippen LogP contribution in [0.1, 0.15) is 54.4 Å². The Morgan fingerprint density at radius 1 is 0.682 bits per heavy atom. The normalized spacial score (nSPS) is 20.2. The van der Waals surface area contributed by atoms with Crippen molar-refractivity contribution in [1.29, 1.82) is 0 Å². The monoisotopic (exact) mass is 646 g/mol. The van der Waals surface area contributed by atoms with Crippen molar-refractivity contribution in [1.82, 2.24) is 19.8 Å². The molecule has 0 bridgehead atoms. The minimum Gasteiger partial charge on any atom is -0.444 e. The highest BCUT2D eigenvalue weighted by atomic mass is 35.5. The number of amides is 2. The van der Waals surface area contributed by atoms with Crippen LogP contribution in [-0.4, -0.2) is 95.5 Å². The summed E-state index contributed by atoms with van der Waals surface area (Å²) in [7, 11) is 0. The molecule has 2 aromatic heterocycles. The molecular weight excluding hydrogens is 603 g/mol. The Balaban J connectivity index is 0.000000175. The number of carbonyl (C=O) groups is 2. The lowest BCUT2D eigenvalue weighted by molar-refractivity contribution is -0.0270. The van der Waals surface area contributed by atoms with E-state index in [4.69, 9.17) is 32.7 Å². The number of rotatable bonds is 2. The van der Waals surface area contributed by atoms with E-state index in [0.717, 1.165) is 86.6 Å². The third-order valence-corrected chi connectivity index (χ3v) is 9.10. The van der Waals surface area contributed by atoms with E-state index >= 15 is 0 Å². The maximum atomic E-state index is 12.0. The number of halogens is 2. The van der Waals surface area contributed by atoms with Gasteiger partial charge >= 0.3 is 12.2 Å². The molecule has 2 aromatic rings. The number of carbonyl (C=O) groups excluding carboxylic acids is 2. The molecule has 2 spiro atoms. The molecule has 240 valence electrons. The van der Waals surface area contributed by atoms with Crippen LogP contribution in [0.5, 0.6) is 0 Å². The average molecular weight is 648 g/mol. The highest BCUT2D eigenvalue weighted by molar-refractivity contribution is 6.33. The number of hydrogen-bond donors (Lipinski definition) is 0. The largest absolute Gasteiger partial charge is 0.444 e. The second-order valence-electron chi connectivity index (χ2n) is 14.7. The summed E-state index contributed by atoms with van der Waals surface area (Å²) in [6, 6.07) is 3.63. The van der Waals surface area contributed by atoms with Crippen LogP contribution in [0.25, 0.3) is 0 Å². The quantitative estimate of drug-likeness (QED) is 0.372. The summed E-state index contributed by atoms with van der Waals surface area (Å²) in [6.45, 7) is 18.1. The van der Waals surface area contributed by atoms with E-state index in [0.29, 0.717) is 0 Å². The van der Waals surface area contributed by atoms with Gasteiger partial charge in [0, 0.05) is 75.6 Å². The number of ether oxygens (including phenoxy) is 2. The van der Waals surface area contributed by atoms with Crippen molar-refractivity contribution in [2.75, 3.05) is 62.2 Å². The van der Waals surface area contributed by atoms with Gasteiger partial charge < -0.3 is 29.1 Å². The van der Waals surface area contributed by atoms with Crippen LogP contribution in [0.4, 0.5) is 21.0 Å². The van der Waals surface area contributed by atoms with Crippen LogP contribution < -0.4 is 9.80 Å². The molecule has 4 aliphatic heterocycles. The predicted octanol–water partition coefficient (Wildman–Crippen LogP) is 6.36. The Morgan fingerprint density at radius 3 is 1.36 bits per heavy atom. The molecule has 4 aliphatic rings. The van der Waals surface area contributed by atoms with Gasteiger partial charge in [-0.1, -0.05) is 23.2 Å². The van der Waals surface area contributed by atoms with Crippen LogP contribution in [0.3, 0.4) is 0 Å². The zero-order chi connectivity index (χ0) is 31.9. The van der Waals surface area contributed by atoms with Crippen LogP contribution >= 0.6 is 23.2 Å². The Kier molecular flexibility index (Phi) is 8.90. The smallest absolute Gasteiger partial charge is 0.410 e. The molecule has 12 heteroatoms. The van der Waals surface area contributed by atoms with Crippen molar-refractivity contribution < 1.29 is 19.1 Å². The third kappa shape index (κ3) is 7.45. The minimum atomic E-state index is -0.440. The molecule has 6 rings (SSSR count). The SMILES string of the molecule is CC(C)(C)OC(=O)N1CC2(CCN(c3cnccc3Cl)C2)C1.CC(C)(C)OC(=O)N1CC2(CCN(c3cnccc3Cl)C2)C1. The Bertz CT molecular complexity index is 1260. The van der Waals surface area contributed by atoms with Gasteiger partial charge in [0.1, 0.15) is 11.2 Å². The predicted molar refractivity (Wildman–Crippen MR) is 173 cm³/mol. The van der Waals surface area contributed by atoms with Gasteiger partial charge in [-0.05, 0) is 66.5 Å². The molecule has 0 saturated carbocycles. The van der Waals surface area contributed by atoms with E-state index < -0.39 is 11.2 Å². The van der Waals surface area contributed by atoms with Crippen LogP contribution in [-0.2, 0) is 9.47 Å². The standard InChI is InChI=1S/2C16H22ClN3O2/c2*1-15(2,3)22-14(21)20-10-16(11-20)5-7-19(9-16)13-8-18-6-4-12(13)17/h2*4,6,8H,5,7,9-11H2,1-3H3. The van der Waals surface area contributed by atoms with E-state index in [-0.39, 0.29) is 23.0 Å². The fraction of sp³-hybridized carbons (Fsp3) is 0.625. The van der Waals surface area contributed by atoms with Crippen LogP contribution in [0.15, 0.2) is 36.9 Å². The summed E-state index contributed by atoms with van der Waals surface area (Å²) >= 11 is 12.5. The maximum absolute atomic E-state index is 12.0. The third-order valence-electron chi connectivity index (χ3n) is 8.46. The first-order valence-corrected chi connectivity index (χ1v) is 16.0. The number of likely N-dealkylation sites (tertiary alicyclic amines) is 2. The Hall–Kier alpha value is -2.98. The lowest BCUT2D eigenvalue weighted by atomic mass is 9.79. The van der Waals surface area contributed by atoms with Gasteiger partial charge in [0.2, 0.25) is 0 Å². The fourth-order valence-electron chi connectivity index (χ4n) is 6.44. The second-order valence-corrected chi connectivity index (χ2v) is 15.5. The Morgan fingerprint density at radius 2 is 1.05 bits per heavy atom. The van der Waals surface area contributed by atoms with Crippen molar-refractivity contribution in [2.45, 2.75) is 65.6 Å². The van der Waals surface area contributed by atoms with Gasteiger partial charge in [-0.2, -0.15) is 0 Å². The van der Waals surface area contributed by atoms with Crippen molar-refractivity contribution in [3.05, 3.63) is 47.0 Å². The molecular formula is C32H44Cl2N6O4. The molecule has 0 aliphatic carbocycles. The number of pyridine rings is 2. The van der Waals surface area contributed by atoms with Crippen LogP contribution in [0.2, 0.25) is 10.0 Å². The zero-order valence-electron chi connectivity index (χ0n) is 26.6. The molecule has 2 amide bonds. The van der Waals surface area contributed by atoms with Gasteiger partial charge in [-0.25, -0.2) is 9.59 Å². The first kappa shape index (κ1) is 32.4. The number of anilines is 2. The highest BCUT2D eigenvalue weighted by Crippen LogP contribution is 2.44. The number of hydrogen-bond acceptors (Lipinski definition) is 8. The average Bonchev–Trinajstić information content (AvgIpc) is 3.52. The molecule has 0 aromatic carbocycles. The fourth-order valence-corrected chi connectivity index (χ4v) is 6.89. The molecule has 4 fully saturated rings. The molecule has 10 nitrogen and oxygen atoms in total. The lowest BCUT2D eigenvalue weighted by Crippen LogP contribution is -2.60. The summed E-state index contributed by atoms with van der Waals surface area (Å²) in [5.74, 6) is 0. The van der Waals surface area contributed by atoms with Gasteiger partial charge in [0.15, 0.2) is 0 Å². The first-order valence-electron chi connectivity index (χ1n) is 15.2. The first-order chi connectivity index (χ1) is 20.6. The van der Waals surface area contributed by atoms with Crippen LogP contribution in [0, 0.1) is 10.8 Å². The second kappa shape index (κ2) is 12.1. The summed E-state index contributed by atoms with van der Waals surface area (Å²) < 4.78 is 10.8. The van der Waals surface area contributed by atoms with E-state index in [2.05, 4.69) is 19.8 Å². The topological polar surface area (TPSA) is 91.3 Å². The molecule has 4 saturated heterocycles. The summed E-state index contributed by atoms with van der Waals surface area (Å²) in [6.07, 6.45) is 8.73. The molecule has 0 radical (unpaired) electrons. The number of nitrogens with zero attached hydrogens (tertiary/aromatic N) is 6. The molecule has 0 N–H and O–H groups in total. The maximum Gasteiger partial charge on any atom is 0.410 e. The zero-order valence-corrected chi connectivity index (χ0v) is 28.1. The van der Waals surface area contributed by atoms with Crippen molar-refractivity contribution >= 4 is 46.8 Å². The van der Waals surface area contributed by atoms with Crippen molar-refractivity contribution in [2.24, 2.45) is 10.8 Å². The molecule has 0 atom stereocenters. The molecule has 0 unspecified atom stereocenters. The van der Waals surface area contributed by atoms with E-state index in [1.807, 2.05) is 66.1 Å². The Labute approximate surface area is 270 Å². The minimum absolute atomic E-state index is 0.177.